The Labute approximate surface area is 188 Å². The maximum absolute atomic E-state index is 15.0. The molecule has 3 aromatic rings. The third-order valence-electron chi connectivity index (χ3n) is 6.41. The lowest BCUT2D eigenvalue weighted by Gasteiger charge is -2.32. The number of hydrogen-bond donors (Lipinski definition) is 0. The Morgan fingerprint density at radius 3 is 2.31 bits per heavy atom. The molecule has 1 amide bonds. The molecule has 1 aliphatic heterocycles. The normalized spacial score (nSPS) is 18.2. The van der Waals surface area contributed by atoms with Gasteiger partial charge in [-0.3, -0.25) is 9.48 Å². The third-order valence-corrected chi connectivity index (χ3v) is 6.41. The summed E-state index contributed by atoms with van der Waals surface area (Å²) in [5.74, 6) is -0.111. The molecule has 32 heavy (non-hydrogen) atoms. The molecule has 4 rings (SSSR count). The number of alkyl halides is 1. The summed E-state index contributed by atoms with van der Waals surface area (Å²) in [6, 6.07) is 12.4. The molecule has 2 aromatic carbocycles. The summed E-state index contributed by atoms with van der Waals surface area (Å²) in [6.07, 6.45) is 0.583. The molecule has 0 bridgehead atoms. The van der Waals surface area contributed by atoms with Crippen molar-refractivity contribution in [2.24, 2.45) is 0 Å². The first-order chi connectivity index (χ1) is 15.0. The summed E-state index contributed by atoms with van der Waals surface area (Å²) in [7, 11) is 2.87. The van der Waals surface area contributed by atoms with Crippen molar-refractivity contribution in [3.8, 4) is 0 Å². The predicted molar refractivity (Wildman–Crippen MR) is 124 cm³/mol. The molecule has 1 aliphatic rings. The number of fused-ring (bicyclic) bond motifs is 1. The molecule has 168 valence electrons. The molecule has 2 heterocycles. The molecule has 6 nitrogen and oxygen atoms in total. The van der Waals surface area contributed by atoms with Gasteiger partial charge >= 0.3 is 7.12 Å². The van der Waals surface area contributed by atoms with Crippen molar-refractivity contribution in [1.29, 1.82) is 0 Å². The van der Waals surface area contributed by atoms with Crippen LogP contribution >= 0.6 is 0 Å². The number of rotatable bonds is 5. The largest absolute Gasteiger partial charge is 0.495 e. The number of benzene rings is 2. The summed E-state index contributed by atoms with van der Waals surface area (Å²) in [5, 5.41) is 5.44. The average Bonchev–Trinajstić information content (AvgIpc) is 3.23. The van der Waals surface area contributed by atoms with Gasteiger partial charge in [-0.05, 0) is 56.9 Å². The second-order valence-electron chi connectivity index (χ2n) is 9.51. The van der Waals surface area contributed by atoms with E-state index in [4.69, 9.17) is 9.31 Å². The quantitative estimate of drug-likeness (QED) is 0.571. The van der Waals surface area contributed by atoms with Crippen LogP contribution in [0.4, 0.5) is 4.39 Å². The summed E-state index contributed by atoms with van der Waals surface area (Å²) in [6.45, 7) is 8.13. The Bertz CT molecular complexity index is 1130. The lowest BCUT2D eigenvalue weighted by Crippen LogP contribution is -2.41. The van der Waals surface area contributed by atoms with E-state index in [1.807, 2.05) is 52.1 Å². The van der Waals surface area contributed by atoms with Crippen LogP contribution in [0.5, 0.6) is 0 Å². The van der Waals surface area contributed by atoms with Crippen molar-refractivity contribution >= 4 is 29.4 Å². The first-order valence-electron chi connectivity index (χ1n) is 10.8. The minimum absolute atomic E-state index is 0.0679. The molecule has 0 aliphatic carbocycles. The number of carbonyl (C=O) groups is 1. The second-order valence-corrected chi connectivity index (χ2v) is 9.51. The highest BCUT2D eigenvalue weighted by Gasteiger charge is 2.52. The molecule has 1 aromatic heterocycles. The Morgan fingerprint density at radius 1 is 1.09 bits per heavy atom. The number of nitrogens with zero attached hydrogens (tertiary/aromatic N) is 3. The molecule has 1 saturated heterocycles. The van der Waals surface area contributed by atoms with Gasteiger partial charge in [0.1, 0.15) is 6.17 Å². The highest BCUT2D eigenvalue weighted by molar-refractivity contribution is 6.65. The summed E-state index contributed by atoms with van der Waals surface area (Å²) >= 11 is 0. The van der Waals surface area contributed by atoms with Gasteiger partial charge in [-0.2, -0.15) is 5.10 Å². The van der Waals surface area contributed by atoms with Crippen LogP contribution in [0.25, 0.3) is 10.9 Å². The number of aromatic nitrogens is 2. The van der Waals surface area contributed by atoms with Crippen LogP contribution in [0.15, 0.2) is 48.7 Å². The van der Waals surface area contributed by atoms with Gasteiger partial charge in [-0.1, -0.05) is 24.3 Å². The van der Waals surface area contributed by atoms with Crippen LogP contribution in [0, 0.1) is 0 Å². The Balaban J connectivity index is 1.55. The van der Waals surface area contributed by atoms with Crippen LogP contribution in [-0.2, 0) is 15.9 Å². The average molecular weight is 437 g/mol. The zero-order valence-corrected chi connectivity index (χ0v) is 19.4. The fourth-order valence-electron chi connectivity index (χ4n) is 3.75. The van der Waals surface area contributed by atoms with Gasteiger partial charge in [0.15, 0.2) is 0 Å². The van der Waals surface area contributed by atoms with Gasteiger partial charge in [0.05, 0.1) is 23.3 Å². The van der Waals surface area contributed by atoms with E-state index < -0.39 is 24.5 Å². The molecule has 0 radical (unpaired) electrons. The van der Waals surface area contributed by atoms with E-state index in [2.05, 4.69) is 5.10 Å². The van der Waals surface area contributed by atoms with Crippen LogP contribution in [-0.4, -0.2) is 53.0 Å². The van der Waals surface area contributed by atoms with Crippen LogP contribution in [0.2, 0.25) is 0 Å². The minimum Gasteiger partial charge on any atom is -0.399 e. The first kappa shape index (κ1) is 22.5. The second kappa shape index (κ2) is 8.01. The lowest BCUT2D eigenvalue weighted by atomic mass is 9.77. The third kappa shape index (κ3) is 4.05. The van der Waals surface area contributed by atoms with Crippen LogP contribution < -0.4 is 5.46 Å². The van der Waals surface area contributed by atoms with Crippen molar-refractivity contribution in [2.75, 3.05) is 14.1 Å². The van der Waals surface area contributed by atoms with Gasteiger partial charge in [0, 0.05) is 31.2 Å². The maximum atomic E-state index is 15.0. The number of halogens is 1. The molecule has 0 spiro atoms. The van der Waals surface area contributed by atoms with Gasteiger partial charge < -0.3 is 14.2 Å². The van der Waals surface area contributed by atoms with Crippen molar-refractivity contribution in [1.82, 2.24) is 14.7 Å². The Hall–Kier alpha value is -2.71. The molecule has 0 unspecified atom stereocenters. The van der Waals surface area contributed by atoms with Crippen molar-refractivity contribution in [3.05, 3.63) is 59.8 Å². The van der Waals surface area contributed by atoms with Crippen molar-refractivity contribution in [2.45, 2.75) is 51.6 Å². The molecule has 0 saturated carbocycles. The van der Waals surface area contributed by atoms with Gasteiger partial charge in [0.25, 0.3) is 5.91 Å². The fourth-order valence-corrected chi connectivity index (χ4v) is 3.75. The fraction of sp³-hybridized carbons (Fsp3) is 0.417. The minimum atomic E-state index is -1.26. The molecule has 1 atom stereocenters. The Morgan fingerprint density at radius 2 is 1.72 bits per heavy atom. The molecule has 0 N–H and O–H groups in total. The van der Waals surface area contributed by atoms with Crippen LogP contribution in [0.3, 0.4) is 0 Å². The maximum Gasteiger partial charge on any atom is 0.495 e. The van der Waals surface area contributed by atoms with E-state index in [1.54, 1.807) is 43.0 Å². The van der Waals surface area contributed by atoms with Gasteiger partial charge in [0.2, 0.25) is 0 Å². The lowest BCUT2D eigenvalue weighted by molar-refractivity contribution is 0.00578. The molecular weight excluding hydrogens is 408 g/mol. The number of amides is 1. The summed E-state index contributed by atoms with van der Waals surface area (Å²) in [5.41, 5.74) is 1.79. The summed E-state index contributed by atoms with van der Waals surface area (Å²) < 4.78 is 29.1. The van der Waals surface area contributed by atoms with Crippen molar-refractivity contribution in [3.63, 3.8) is 0 Å². The topological polar surface area (TPSA) is 56.6 Å². The standard InChI is InChI=1S/C24H29BFN3O3/c1-23(2)24(3,4)32-25(31-23)19-8-7-9-21-18(19)14-29(27-21)15-20(26)16-10-12-17(13-11-16)22(30)28(5)6/h7-14,20H,15H2,1-6H3/t20-/m0/s1. The summed E-state index contributed by atoms with van der Waals surface area (Å²) in [4.78, 5) is 13.5. The number of carbonyl (C=O) groups excluding carboxylic acids is 1. The van der Waals surface area contributed by atoms with Gasteiger partial charge in [-0.25, -0.2) is 4.39 Å². The zero-order chi connectivity index (χ0) is 23.3. The highest BCUT2D eigenvalue weighted by atomic mass is 19.1. The Kier molecular flexibility index (Phi) is 5.63. The monoisotopic (exact) mass is 437 g/mol. The van der Waals surface area contributed by atoms with Crippen molar-refractivity contribution < 1.29 is 18.5 Å². The highest BCUT2D eigenvalue weighted by Crippen LogP contribution is 2.37. The van der Waals surface area contributed by atoms with Crippen LogP contribution in [0.1, 0.15) is 49.8 Å². The van der Waals surface area contributed by atoms with E-state index in [9.17, 15) is 4.79 Å². The van der Waals surface area contributed by atoms with Gasteiger partial charge in [-0.15, -0.1) is 0 Å². The molecule has 8 heteroatoms. The SMILES string of the molecule is CN(C)C(=O)c1ccc([C@@H](F)Cn2cc3c(B4OC(C)(C)C(C)(C)O4)cccc3n2)cc1. The smallest absolute Gasteiger partial charge is 0.399 e. The first-order valence-corrected chi connectivity index (χ1v) is 10.8. The molecule has 1 fully saturated rings. The number of hydrogen-bond acceptors (Lipinski definition) is 4. The van der Waals surface area contributed by atoms with E-state index in [1.165, 1.54) is 4.90 Å². The van der Waals surface area contributed by atoms with E-state index in [0.29, 0.717) is 11.1 Å². The van der Waals surface area contributed by atoms with E-state index in [-0.39, 0.29) is 12.5 Å². The van der Waals surface area contributed by atoms with E-state index >= 15 is 4.39 Å². The predicted octanol–water partition coefficient (Wildman–Crippen LogP) is 3.75. The molecular formula is C24H29BFN3O3. The zero-order valence-electron chi connectivity index (χ0n) is 19.4. The van der Waals surface area contributed by atoms with E-state index in [0.717, 1.165) is 16.4 Å².